The van der Waals surface area contributed by atoms with Gasteiger partial charge in [-0.1, -0.05) is 0 Å². The number of anilines is 1. The molecule has 0 saturated carbocycles. The van der Waals surface area contributed by atoms with Gasteiger partial charge in [0.05, 0.1) is 22.5 Å². The van der Waals surface area contributed by atoms with Crippen molar-refractivity contribution in [1.29, 1.82) is 0 Å². The third kappa shape index (κ3) is 3.80. The van der Waals surface area contributed by atoms with E-state index in [4.69, 9.17) is 5.11 Å². The number of thiazole rings is 1. The molecule has 2 N–H and O–H groups in total. The molecule has 0 aromatic carbocycles. The fourth-order valence-electron chi connectivity index (χ4n) is 1.68. The maximum absolute atomic E-state index is 12.7. The van der Waals surface area contributed by atoms with Gasteiger partial charge in [-0.15, -0.1) is 11.3 Å². The monoisotopic (exact) mass is 331 g/mol. The van der Waals surface area contributed by atoms with Gasteiger partial charge in [0, 0.05) is 24.6 Å². The number of halogens is 3. The minimum Gasteiger partial charge on any atom is -0.396 e. The molecule has 0 aliphatic carbocycles. The van der Waals surface area contributed by atoms with Gasteiger partial charge in [-0.3, -0.25) is 15.1 Å². The van der Waals surface area contributed by atoms with E-state index in [0.29, 0.717) is 18.3 Å². The van der Waals surface area contributed by atoms with Crippen molar-refractivity contribution in [3.8, 4) is 0 Å². The van der Waals surface area contributed by atoms with Crippen LogP contribution in [0.5, 0.6) is 0 Å². The molecule has 0 spiro atoms. The molecule has 0 saturated heterocycles. The SMILES string of the molecule is Cc1ncc(C(F)(F)F)cc1C(=O)Nc1nc(CCO)cs1. The zero-order valence-electron chi connectivity index (χ0n) is 11.4. The second-order valence-corrected chi connectivity index (χ2v) is 5.28. The molecule has 0 atom stereocenters. The van der Waals surface area contributed by atoms with Crippen LogP contribution in [-0.4, -0.2) is 27.6 Å². The predicted octanol–water partition coefficient (Wildman–Crippen LogP) is 2.65. The van der Waals surface area contributed by atoms with E-state index in [1.165, 1.54) is 6.92 Å². The first-order chi connectivity index (χ1) is 10.3. The summed E-state index contributed by atoms with van der Waals surface area (Å²) in [4.78, 5) is 19.7. The lowest BCUT2D eigenvalue weighted by atomic mass is 10.1. The smallest absolute Gasteiger partial charge is 0.396 e. The van der Waals surface area contributed by atoms with E-state index in [1.807, 2.05) is 0 Å². The van der Waals surface area contributed by atoms with Crippen LogP contribution in [0.4, 0.5) is 18.3 Å². The summed E-state index contributed by atoms with van der Waals surface area (Å²) in [6.07, 6.45) is -3.53. The number of nitrogens with zero attached hydrogens (tertiary/aromatic N) is 2. The lowest BCUT2D eigenvalue weighted by molar-refractivity contribution is -0.137. The van der Waals surface area contributed by atoms with Crippen molar-refractivity contribution in [2.24, 2.45) is 0 Å². The Morgan fingerprint density at radius 1 is 1.45 bits per heavy atom. The third-order valence-electron chi connectivity index (χ3n) is 2.80. The van der Waals surface area contributed by atoms with Crippen LogP contribution in [-0.2, 0) is 12.6 Å². The lowest BCUT2D eigenvalue weighted by Crippen LogP contribution is -2.16. The van der Waals surface area contributed by atoms with Gasteiger partial charge in [-0.2, -0.15) is 13.2 Å². The number of rotatable bonds is 4. The second kappa shape index (κ2) is 6.41. The number of carbonyl (C=O) groups is 1. The number of nitrogens with one attached hydrogen (secondary N) is 1. The molecule has 0 aliphatic heterocycles. The van der Waals surface area contributed by atoms with Gasteiger partial charge in [0.1, 0.15) is 0 Å². The van der Waals surface area contributed by atoms with Crippen molar-refractivity contribution < 1.29 is 23.1 Å². The molecular formula is C13H12F3N3O2S. The van der Waals surface area contributed by atoms with Crippen LogP contribution in [0.15, 0.2) is 17.6 Å². The number of hydrogen-bond acceptors (Lipinski definition) is 5. The summed E-state index contributed by atoms with van der Waals surface area (Å²) < 4.78 is 38.0. The van der Waals surface area contributed by atoms with E-state index >= 15 is 0 Å². The Hall–Kier alpha value is -2.00. The summed E-state index contributed by atoms with van der Waals surface area (Å²) in [5.74, 6) is -0.707. The Bertz CT molecular complexity index is 685. The molecule has 0 aliphatic rings. The molecule has 2 aromatic heterocycles. The van der Waals surface area contributed by atoms with Gasteiger partial charge in [0.2, 0.25) is 0 Å². The molecule has 0 radical (unpaired) electrons. The fourth-order valence-corrected chi connectivity index (χ4v) is 2.42. The van der Waals surface area contributed by atoms with Crippen LogP contribution in [0.1, 0.15) is 27.3 Å². The molecule has 5 nitrogen and oxygen atoms in total. The standard InChI is InChI=1S/C13H12F3N3O2S/c1-7-10(4-8(5-17-7)13(14,15)16)11(21)19-12-18-9(2-3-20)6-22-12/h4-6,20H,2-3H2,1H3,(H,18,19,21). The molecule has 9 heteroatoms. The zero-order chi connectivity index (χ0) is 16.3. The maximum Gasteiger partial charge on any atom is 0.417 e. The molecule has 0 unspecified atom stereocenters. The largest absolute Gasteiger partial charge is 0.417 e. The molecule has 22 heavy (non-hydrogen) atoms. The van der Waals surface area contributed by atoms with Crippen LogP contribution in [0, 0.1) is 6.92 Å². The Kier molecular flexibility index (Phi) is 4.77. The van der Waals surface area contributed by atoms with Gasteiger partial charge < -0.3 is 5.11 Å². The van der Waals surface area contributed by atoms with Crippen LogP contribution in [0.3, 0.4) is 0 Å². The molecule has 2 heterocycles. The first-order valence-corrected chi connectivity index (χ1v) is 7.09. The first-order valence-electron chi connectivity index (χ1n) is 6.21. The van der Waals surface area contributed by atoms with Crippen molar-refractivity contribution in [2.75, 3.05) is 11.9 Å². The highest BCUT2D eigenvalue weighted by molar-refractivity contribution is 7.13. The van der Waals surface area contributed by atoms with Crippen LogP contribution in [0.25, 0.3) is 0 Å². The van der Waals surface area contributed by atoms with Crippen LogP contribution < -0.4 is 5.32 Å². The van der Waals surface area contributed by atoms with Crippen molar-refractivity contribution in [2.45, 2.75) is 19.5 Å². The number of amides is 1. The number of alkyl halides is 3. The number of aliphatic hydroxyl groups excluding tert-OH is 1. The summed E-state index contributed by atoms with van der Waals surface area (Å²) in [7, 11) is 0. The summed E-state index contributed by atoms with van der Waals surface area (Å²) in [6, 6.07) is 0.764. The van der Waals surface area contributed by atoms with E-state index in [9.17, 15) is 18.0 Å². The number of aryl methyl sites for hydroxylation is 1. The first kappa shape index (κ1) is 16.4. The molecular weight excluding hydrogens is 319 g/mol. The van der Waals surface area contributed by atoms with Crippen molar-refractivity contribution in [3.63, 3.8) is 0 Å². The highest BCUT2D eigenvalue weighted by atomic mass is 32.1. The average molecular weight is 331 g/mol. The minimum atomic E-state index is -4.56. The lowest BCUT2D eigenvalue weighted by Gasteiger charge is -2.10. The average Bonchev–Trinajstić information content (AvgIpc) is 2.85. The van der Waals surface area contributed by atoms with Crippen molar-refractivity contribution in [1.82, 2.24) is 9.97 Å². The molecule has 0 fully saturated rings. The molecule has 0 bridgehead atoms. The number of hydrogen-bond donors (Lipinski definition) is 2. The van der Waals surface area contributed by atoms with Gasteiger partial charge in [0.15, 0.2) is 5.13 Å². The topological polar surface area (TPSA) is 75.1 Å². The quantitative estimate of drug-likeness (QED) is 0.903. The van der Waals surface area contributed by atoms with E-state index in [1.54, 1.807) is 5.38 Å². The Morgan fingerprint density at radius 2 is 2.18 bits per heavy atom. The minimum absolute atomic E-state index is 0.0756. The molecule has 1 amide bonds. The number of aliphatic hydroxyl groups is 1. The Balaban J connectivity index is 2.21. The predicted molar refractivity (Wildman–Crippen MR) is 74.8 cm³/mol. The van der Waals surface area contributed by atoms with Gasteiger partial charge in [-0.25, -0.2) is 4.98 Å². The highest BCUT2D eigenvalue weighted by Crippen LogP contribution is 2.30. The fraction of sp³-hybridized carbons (Fsp3) is 0.308. The second-order valence-electron chi connectivity index (χ2n) is 4.43. The van der Waals surface area contributed by atoms with Crippen molar-refractivity contribution in [3.05, 3.63) is 40.2 Å². The Labute approximate surface area is 127 Å². The molecule has 118 valence electrons. The van der Waals surface area contributed by atoms with E-state index in [0.717, 1.165) is 17.4 Å². The van der Waals surface area contributed by atoms with Crippen LogP contribution >= 0.6 is 11.3 Å². The van der Waals surface area contributed by atoms with E-state index in [-0.39, 0.29) is 23.0 Å². The summed E-state index contributed by atoms with van der Waals surface area (Å²) in [6.45, 7) is 1.38. The van der Waals surface area contributed by atoms with Crippen molar-refractivity contribution >= 4 is 22.4 Å². The normalized spacial score (nSPS) is 11.5. The number of pyridine rings is 1. The number of carbonyl (C=O) groups excluding carboxylic acids is 1. The molecule has 2 rings (SSSR count). The van der Waals surface area contributed by atoms with Crippen LogP contribution in [0.2, 0.25) is 0 Å². The maximum atomic E-state index is 12.7. The third-order valence-corrected chi connectivity index (χ3v) is 3.61. The van der Waals surface area contributed by atoms with E-state index < -0.39 is 17.6 Å². The highest BCUT2D eigenvalue weighted by Gasteiger charge is 2.32. The summed E-state index contributed by atoms with van der Waals surface area (Å²) >= 11 is 1.13. The van der Waals surface area contributed by atoms with Gasteiger partial charge >= 0.3 is 6.18 Å². The Morgan fingerprint density at radius 3 is 2.82 bits per heavy atom. The van der Waals surface area contributed by atoms with Gasteiger partial charge in [0.25, 0.3) is 5.91 Å². The molecule has 2 aromatic rings. The van der Waals surface area contributed by atoms with Gasteiger partial charge in [-0.05, 0) is 13.0 Å². The zero-order valence-corrected chi connectivity index (χ0v) is 12.3. The summed E-state index contributed by atoms with van der Waals surface area (Å²) in [5, 5.41) is 13.1. The van der Waals surface area contributed by atoms with E-state index in [2.05, 4.69) is 15.3 Å². The number of aromatic nitrogens is 2. The summed E-state index contributed by atoms with van der Waals surface area (Å²) in [5.41, 5.74) is -0.351.